The molecule has 7 nitrogen and oxygen atoms in total. The van der Waals surface area contributed by atoms with E-state index in [0.717, 1.165) is 0 Å². The topological polar surface area (TPSA) is 82.7 Å². The zero-order chi connectivity index (χ0) is 16.9. The Morgan fingerprint density at radius 1 is 1.00 bits per heavy atom. The highest BCUT2D eigenvalue weighted by molar-refractivity contribution is 5.96. The molecule has 4 amide bonds. The van der Waals surface area contributed by atoms with E-state index in [9.17, 15) is 9.59 Å². The van der Waals surface area contributed by atoms with Gasteiger partial charge in [0.15, 0.2) is 6.29 Å². The summed E-state index contributed by atoms with van der Waals surface area (Å²) in [7, 11) is 0. The molecule has 2 heterocycles. The van der Waals surface area contributed by atoms with Crippen LogP contribution in [0, 0.1) is 5.92 Å². The van der Waals surface area contributed by atoms with E-state index in [1.54, 1.807) is 0 Å². The van der Waals surface area contributed by atoms with Crippen molar-refractivity contribution < 1.29 is 14.3 Å². The first-order valence-corrected chi connectivity index (χ1v) is 9.39. The summed E-state index contributed by atoms with van der Waals surface area (Å²) in [5.41, 5.74) is 0. The second-order valence-corrected chi connectivity index (χ2v) is 7.25. The van der Waals surface area contributed by atoms with Gasteiger partial charge >= 0.3 is 12.1 Å². The number of hydrogen-bond donors (Lipinski definition) is 3. The van der Waals surface area contributed by atoms with Crippen molar-refractivity contribution in [3.05, 3.63) is 0 Å². The lowest BCUT2D eigenvalue weighted by atomic mass is 9.93. The highest BCUT2D eigenvalue weighted by Gasteiger charge is 2.37. The molecule has 2 saturated heterocycles. The lowest BCUT2D eigenvalue weighted by Gasteiger charge is -2.40. The average Bonchev–Trinajstić information content (AvgIpc) is 2.84. The van der Waals surface area contributed by atoms with E-state index < -0.39 is 6.29 Å². The van der Waals surface area contributed by atoms with E-state index in [4.69, 9.17) is 4.74 Å². The monoisotopic (exact) mass is 338 g/mol. The standard InChI is InChI=1S/C17H30N4O3/c1-12(13-6-4-2-3-5-7-13)18-15-19-16(22)21(17(23)20-15)14-8-10-24-11-9-14/h12-15,18H,2-11H2,1H3,(H,19,22)(H,20,23). The Balaban J connectivity index is 1.53. The first-order chi connectivity index (χ1) is 11.6. The van der Waals surface area contributed by atoms with Gasteiger partial charge in [0.2, 0.25) is 0 Å². The maximum atomic E-state index is 12.4. The van der Waals surface area contributed by atoms with E-state index >= 15 is 0 Å². The summed E-state index contributed by atoms with van der Waals surface area (Å²) in [5.74, 6) is 0.606. The normalized spacial score (nSPS) is 26.6. The molecule has 3 N–H and O–H groups in total. The number of urea groups is 2. The SMILES string of the molecule is CC(NC1NC(=O)N(C2CCOCC2)C(=O)N1)C1CCCCCC1. The van der Waals surface area contributed by atoms with Crippen molar-refractivity contribution in [1.29, 1.82) is 0 Å². The fraction of sp³-hybridized carbons (Fsp3) is 0.882. The largest absolute Gasteiger partial charge is 0.381 e. The molecule has 0 aromatic heterocycles. The van der Waals surface area contributed by atoms with E-state index in [2.05, 4.69) is 22.9 Å². The average molecular weight is 338 g/mol. The first kappa shape index (κ1) is 17.5. The molecule has 3 fully saturated rings. The summed E-state index contributed by atoms with van der Waals surface area (Å²) in [5, 5.41) is 9.15. The second kappa shape index (κ2) is 8.16. The third-order valence-electron chi connectivity index (χ3n) is 5.57. The van der Waals surface area contributed by atoms with Gasteiger partial charge in [-0.25, -0.2) is 14.5 Å². The van der Waals surface area contributed by atoms with E-state index in [1.807, 2.05) is 0 Å². The number of rotatable bonds is 4. The third-order valence-corrected chi connectivity index (χ3v) is 5.57. The van der Waals surface area contributed by atoms with Crippen molar-refractivity contribution in [2.24, 2.45) is 5.92 Å². The molecule has 1 aliphatic carbocycles. The van der Waals surface area contributed by atoms with E-state index in [0.29, 0.717) is 32.0 Å². The molecule has 3 rings (SSSR count). The molecule has 0 radical (unpaired) electrons. The number of nitrogens with one attached hydrogen (secondary N) is 3. The predicted octanol–water partition coefficient (Wildman–Crippen LogP) is 2.13. The molecule has 24 heavy (non-hydrogen) atoms. The highest BCUT2D eigenvalue weighted by atomic mass is 16.5. The van der Waals surface area contributed by atoms with Gasteiger partial charge in [-0.15, -0.1) is 0 Å². The lowest BCUT2D eigenvalue weighted by molar-refractivity contribution is 0.0489. The fourth-order valence-corrected chi connectivity index (χ4v) is 4.08. The Kier molecular flexibility index (Phi) is 5.94. The molecule has 2 aliphatic heterocycles. The van der Waals surface area contributed by atoms with Crippen molar-refractivity contribution >= 4 is 12.1 Å². The molecule has 0 aromatic carbocycles. The summed E-state index contributed by atoms with van der Waals surface area (Å²) >= 11 is 0. The Morgan fingerprint density at radius 3 is 2.17 bits per heavy atom. The predicted molar refractivity (Wildman–Crippen MR) is 90.3 cm³/mol. The second-order valence-electron chi connectivity index (χ2n) is 7.25. The molecule has 3 aliphatic rings. The smallest absolute Gasteiger partial charge is 0.328 e. The zero-order valence-corrected chi connectivity index (χ0v) is 14.6. The Hall–Kier alpha value is -1.34. The number of ether oxygens (including phenoxy) is 1. The maximum Gasteiger partial charge on any atom is 0.328 e. The minimum Gasteiger partial charge on any atom is -0.381 e. The van der Waals surface area contributed by atoms with Gasteiger partial charge < -0.3 is 15.4 Å². The van der Waals surface area contributed by atoms with Crippen LogP contribution in [0.25, 0.3) is 0 Å². The minimum absolute atomic E-state index is 0.0704. The van der Waals surface area contributed by atoms with Crippen molar-refractivity contribution in [2.75, 3.05) is 13.2 Å². The van der Waals surface area contributed by atoms with Crippen molar-refractivity contribution in [3.63, 3.8) is 0 Å². The molecule has 1 saturated carbocycles. The number of imide groups is 1. The van der Waals surface area contributed by atoms with E-state index in [-0.39, 0.29) is 24.1 Å². The minimum atomic E-state index is -0.487. The Bertz CT molecular complexity index is 427. The number of carbonyl (C=O) groups excluding carboxylic acids is 2. The molecule has 0 aromatic rings. The lowest BCUT2D eigenvalue weighted by Crippen LogP contribution is -2.71. The Morgan fingerprint density at radius 2 is 1.58 bits per heavy atom. The van der Waals surface area contributed by atoms with Crippen LogP contribution in [0.1, 0.15) is 58.3 Å². The number of hydrogen-bond acceptors (Lipinski definition) is 4. The summed E-state index contributed by atoms with van der Waals surface area (Å²) in [4.78, 5) is 26.1. The fourth-order valence-electron chi connectivity index (χ4n) is 4.08. The molecule has 1 atom stereocenters. The van der Waals surface area contributed by atoms with Gasteiger partial charge in [-0.1, -0.05) is 25.7 Å². The summed E-state index contributed by atoms with van der Waals surface area (Å²) in [6.07, 6.45) is 8.55. The van der Waals surface area contributed by atoms with Gasteiger partial charge in [0.25, 0.3) is 0 Å². The van der Waals surface area contributed by atoms with Gasteiger partial charge in [-0.2, -0.15) is 0 Å². The molecular weight excluding hydrogens is 308 g/mol. The van der Waals surface area contributed by atoms with Gasteiger partial charge in [0.05, 0.1) is 0 Å². The molecule has 1 unspecified atom stereocenters. The van der Waals surface area contributed by atoms with Crippen LogP contribution in [0.4, 0.5) is 9.59 Å². The van der Waals surface area contributed by atoms with Crippen LogP contribution in [-0.4, -0.2) is 48.5 Å². The van der Waals surface area contributed by atoms with Crippen LogP contribution in [0.15, 0.2) is 0 Å². The van der Waals surface area contributed by atoms with Gasteiger partial charge in [-0.3, -0.25) is 5.32 Å². The summed E-state index contributed by atoms with van der Waals surface area (Å²) in [6.45, 7) is 3.35. The number of nitrogens with zero attached hydrogens (tertiary/aromatic N) is 1. The summed E-state index contributed by atoms with van der Waals surface area (Å²) in [6, 6.07) is -0.422. The van der Waals surface area contributed by atoms with Crippen LogP contribution < -0.4 is 16.0 Å². The van der Waals surface area contributed by atoms with Crippen molar-refractivity contribution in [3.8, 4) is 0 Å². The Labute approximate surface area is 143 Å². The van der Waals surface area contributed by atoms with E-state index in [1.165, 1.54) is 43.4 Å². The molecule has 0 bridgehead atoms. The maximum absolute atomic E-state index is 12.4. The third kappa shape index (κ3) is 4.19. The molecule has 0 spiro atoms. The number of amides is 4. The van der Waals surface area contributed by atoms with Crippen LogP contribution in [0.5, 0.6) is 0 Å². The van der Waals surface area contributed by atoms with Crippen LogP contribution >= 0.6 is 0 Å². The van der Waals surface area contributed by atoms with Crippen LogP contribution in [-0.2, 0) is 4.74 Å². The molecule has 7 heteroatoms. The quantitative estimate of drug-likeness (QED) is 0.686. The molecule has 136 valence electrons. The first-order valence-electron chi connectivity index (χ1n) is 9.39. The van der Waals surface area contributed by atoms with Gasteiger partial charge in [0.1, 0.15) is 0 Å². The van der Waals surface area contributed by atoms with Crippen molar-refractivity contribution in [1.82, 2.24) is 20.9 Å². The highest BCUT2D eigenvalue weighted by Crippen LogP contribution is 2.25. The molecular formula is C17H30N4O3. The van der Waals surface area contributed by atoms with Crippen LogP contribution in [0.2, 0.25) is 0 Å². The number of carbonyl (C=O) groups is 2. The van der Waals surface area contributed by atoms with Crippen molar-refractivity contribution in [2.45, 2.75) is 76.7 Å². The van der Waals surface area contributed by atoms with Gasteiger partial charge in [-0.05, 0) is 38.5 Å². The van der Waals surface area contributed by atoms with Crippen LogP contribution in [0.3, 0.4) is 0 Å². The zero-order valence-electron chi connectivity index (χ0n) is 14.6. The summed E-state index contributed by atoms with van der Waals surface area (Å²) < 4.78 is 5.31. The van der Waals surface area contributed by atoms with Gasteiger partial charge in [0, 0.05) is 25.3 Å².